The summed E-state index contributed by atoms with van der Waals surface area (Å²) in [6.45, 7) is 0. The second kappa shape index (κ2) is 6.62. The highest BCUT2D eigenvalue weighted by atomic mass is 35.5. The number of benzene rings is 2. The first-order chi connectivity index (χ1) is 11.0. The van der Waals surface area contributed by atoms with Gasteiger partial charge in [0.05, 0.1) is 10.7 Å². The number of nitrogens with zero attached hydrogens (tertiary/aromatic N) is 2. The lowest BCUT2D eigenvalue weighted by molar-refractivity contribution is 0.749. The Bertz CT molecular complexity index is 967. The largest absolute Gasteiger partial charge is 0.349 e. The molecule has 23 heavy (non-hydrogen) atoms. The van der Waals surface area contributed by atoms with Crippen molar-refractivity contribution < 1.29 is 0 Å². The SMILES string of the molecule is O=c1cnn(-c2ccc(Sc3ccc(Cl)cc3)c(Cl)c2)c(=O)[nH]1. The van der Waals surface area contributed by atoms with E-state index in [-0.39, 0.29) is 0 Å². The number of hydrogen-bond acceptors (Lipinski definition) is 4. The molecular formula is C15H9Cl2N3O2S. The number of hydrogen-bond donors (Lipinski definition) is 1. The van der Waals surface area contributed by atoms with Crippen LogP contribution in [-0.4, -0.2) is 14.8 Å². The Kier molecular flexibility index (Phi) is 4.56. The van der Waals surface area contributed by atoms with Gasteiger partial charge >= 0.3 is 5.69 Å². The van der Waals surface area contributed by atoms with Gasteiger partial charge in [-0.25, -0.2) is 4.79 Å². The first-order valence-corrected chi connectivity index (χ1v) is 8.02. The minimum absolute atomic E-state index is 0.469. The third-order valence-electron chi connectivity index (χ3n) is 2.91. The molecule has 3 rings (SSSR count). The molecule has 0 unspecified atom stereocenters. The molecule has 2 aromatic carbocycles. The zero-order valence-corrected chi connectivity index (χ0v) is 13.8. The molecule has 0 bridgehead atoms. The molecule has 0 spiro atoms. The molecule has 0 amide bonds. The number of halogens is 2. The van der Waals surface area contributed by atoms with E-state index in [0.717, 1.165) is 20.7 Å². The number of aromatic amines is 1. The molecule has 116 valence electrons. The summed E-state index contributed by atoms with van der Waals surface area (Å²) < 4.78 is 1.07. The highest BCUT2D eigenvalue weighted by Gasteiger charge is 2.08. The van der Waals surface area contributed by atoms with E-state index >= 15 is 0 Å². The van der Waals surface area contributed by atoms with Crippen LogP contribution in [0.25, 0.3) is 5.69 Å². The summed E-state index contributed by atoms with van der Waals surface area (Å²) in [5.41, 5.74) is -0.698. The molecule has 0 saturated carbocycles. The minimum atomic E-state index is -0.619. The van der Waals surface area contributed by atoms with Crippen LogP contribution in [0.4, 0.5) is 0 Å². The summed E-state index contributed by atoms with van der Waals surface area (Å²) in [6, 6.07) is 12.5. The Morgan fingerprint density at radius 1 is 1.04 bits per heavy atom. The average Bonchev–Trinajstić information content (AvgIpc) is 2.51. The monoisotopic (exact) mass is 365 g/mol. The van der Waals surface area contributed by atoms with Crippen molar-refractivity contribution in [1.29, 1.82) is 0 Å². The van der Waals surface area contributed by atoms with Crippen molar-refractivity contribution in [2.75, 3.05) is 0 Å². The fraction of sp³-hybridized carbons (Fsp3) is 0. The average molecular weight is 366 g/mol. The van der Waals surface area contributed by atoms with Gasteiger partial charge in [-0.1, -0.05) is 35.0 Å². The van der Waals surface area contributed by atoms with E-state index in [4.69, 9.17) is 23.2 Å². The normalized spacial score (nSPS) is 10.7. The van der Waals surface area contributed by atoms with Gasteiger partial charge < -0.3 is 0 Å². The second-order valence-electron chi connectivity index (χ2n) is 4.52. The molecule has 1 heterocycles. The van der Waals surface area contributed by atoms with Gasteiger partial charge in [0.25, 0.3) is 5.56 Å². The molecule has 8 heteroatoms. The van der Waals surface area contributed by atoms with E-state index in [1.54, 1.807) is 30.3 Å². The van der Waals surface area contributed by atoms with Crippen LogP contribution in [0.15, 0.2) is 68.0 Å². The van der Waals surface area contributed by atoms with Crippen LogP contribution in [0.2, 0.25) is 10.0 Å². The smallest absolute Gasteiger partial charge is 0.271 e. The molecule has 5 nitrogen and oxygen atoms in total. The van der Waals surface area contributed by atoms with E-state index in [2.05, 4.69) is 10.1 Å². The van der Waals surface area contributed by atoms with Crippen molar-refractivity contribution in [3.8, 4) is 5.69 Å². The Labute approximate surface area is 144 Å². The van der Waals surface area contributed by atoms with Gasteiger partial charge in [-0.2, -0.15) is 9.78 Å². The van der Waals surface area contributed by atoms with Crippen molar-refractivity contribution >= 4 is 35.0 Å². The maximum absolute atomic E-state index is 11.7. The standard InChI is InChI=1S/C15H9Cl2N3O2S/c16-9-1-4-11(5-2-9)23-13-6-3-10(7-12(13)17)20-15(22)19-14(21)8-18-20/h1-8H,(H,19,21,22). The van der Waals surface area contributed by atoms with Crippen molar-refractivity contribution in [3.05, 3.63) is 79.5 Å². The van der Waals surface area contributed by atoms with Crippen LogP contribution in [0.5, 0.6) is 0 Å². The van der Waals surface area contributed by atoms with Gasteiger partial charge in [-0.15, -0.1) is 0 Å². The predicted octanol–water partition coefficient (Wildman–Crippen LogP) is 3.38. The van der Waals surface area contributed by atoms with Crippen LogP contribution in [0, 0.1) is 0 Å². The summed E-state index contributed by atoms with van der Waals surface area (Å²) >= 11 is 13.6. The Morgan fingerprint density at radius 3 is 2.43 bits per heavy atom. The van der Waals surface area contributed by atoms with Crippen molar-refractivity contribution in [1.82, 2.24) is 14.8 Å². The van der Waals surface area contributed by atoms with Gasteiger partial charge in [0.1, 0.15) is 6.20 Å². The highest BCUT2D eigenvalue weighted by Crippen LogP contribution is 2.34. The maximum atomic E-state index is 11.7. The summed E-state index contributed by atoms with van der Waals surface area (Å²) in [6.07, 6.45) is 1.03. The summed E-state index contributed by atoms with van der Waals surface area (Å²) in [4.78, 5) is 26.8. The molecule has 0 saturated heterocycles. The zero-order valence-electron chi connectivity index (χ0n) is 11.5. The van der Waals surface area contributed by atoms with Crippen LogP contribution < -0.4 is 11.2 Å². The summed E-state index contributed by atoms with van der Waals surface area (Å²) in [5, 5.41) is 4.93. The Balaban J connectivity index is 1.93. The van der Waals surface area contributed by atoms with E-state index < -0.39 is 11.2 Å². The number of H-pyrrole nitrogens is 1. The molecule has 0 fully saturated rings. The topological polar surface area (TPSA) is 67.8 Å². The second-order valence-corrected chi connectivity index (χ2v) is 6.48. The van der Waals surface area contributed by atoms with Crippen molar-refractivity contribution in [2.24, 2.45) is 0 Å². The number of nitrogens with one attached hydrogen (secondary N) is 1. The molecule has 3 aromatic rings. The van der Waals surface area contributed by atoms with Crippen LogP contribution >= 0.6 is 35.0 Å². The van der Waals surface area contributed by atoms with E-state index in [1.807, 2.05) is 12.1 Å². The number of rotatable bonds is 3. The first-order valence-electron chi connectivity index (χ1n) is 6.45. The molecule has 1 aromatic heterocycles. The van der Waals surface area contributed by atoms with E-state index in [1.165, 1.54) is 11.8 Å². The summed E-state index contributed by atoms with van der Waals surface area (Å²) in [7, 11) is 0. The van der Waals surface area contributed by atoms with Gasteiger partial charge in [0.2, 0.25) is 0 Å². The lowest BCUT2D eigenvalue weighted by atomic mass is 10.3. The van der Waals surface area contributed by atoms with E-state index in [0.29, 0.717) is 15.7 Å². The minimum Gasteiger partial charge on any atom is -0.271 e. The molecule has 0 aliphatic carbocycles. The molecule has 0 aliphatic rings. The van der Waals surface area contributed by atoms with Gasteiger partial charge in [0.15, 0.2) is 0 Å². The van der Waals surface area contributed by atoms with Crippen LogP contribution in [0.1, 0.15) is 0 Å². The van der Waals surface area contributed by atoms with Gasteiger partial charge in [-0.3, -0.25) is 9.78 Å². The van der Waals surface area contributed by atoms with Crippen LogP contribution in [0.3, 0.4) is 0 Å². The van der Waals surface area contributed by atoms with Gasteiger partial charge in [0, 0.05) is 14.8 Å². The first kappa shape index (κ1) is 15.9. The third kappa shape index (κ3) is 3.67. The zero-order chi connectivity index (χ0) is 16.4. The third-order valence-corrected chi connectivity index (χ3v) is 4.67. The van der Waals surface area contributed by atoms with E-state index in [9.17, 15) is 9.59 Å². The lowest BCUT2D eigenvalue weighted by Crippen LogP contribution is -2.30. The lowest BCUT2D eigenvalue weighted by Gasteiger charge is -2.08. The predicted molar refractivity (Wildman–Crippen MR) is 91.0 cm³/mol. The van der Waals surface area contributed by atoms with Gasteiger partial charge in [-0.05, 0) is 42.5 Å². The summed E-state index contributed by atoms with van der Waals surface area (Å²) in [5.74, 6) is 0. The Morgan fingerprint density at radius 2 is 1.78 bits per heavy atom. The quantitative estimate of drug-likeness (QED) is 0.772. The Hall–Kier alpha value is -2.02. The fourth-order valence-corrected chi connectivity index (χ4v) is 3.11. The molecule has 1 N–H and O–H groups in total. The molecule has 0 radical (unpaired) electrons. The molecule has 0 atom stereocenters. The molecular weight excluding hydrogens is 357 g/mol. The fourth-order valence-electron chi connectivity index (χ4n) is 1.87. The highest BCUT2D eigenvalue weighted by molar-refractivity contribution is 7.99. The van der Waals surface area contributed by atoms with Crippen LogP contribution in [-0.2, 0) is 0 Å². The van der Waals surface area contributed by atoms with Crippen molar-refractivity contribution in [3.63, 3.8) is 0 Å². The van der Waals surface area contributed by atoms with Crippen molar-refractivity contribution in [2.45, 2.75) is 9.79 Å². The number of aromatic nitrogens is 3. The maximum Gasteiger partial charge on any atom is 0.349 e. The molecule has 0 aliphatic heterocycles.